The second kappa shape index (κ2) is 6.53. The van der Waals surface area contributed by atoms with E-state index >= 15 is 0 Å². The molecule has 1 saturated heterocycles. The first-order valence-electron chi connectivity index (χ1n) is 7.34. The number of likely N-dealkylation sites (N-methyl/N-ethyl adjacent to an activating group) is 2. The highest BCUT2D eigenvalue weighted by Crippen LogP contribution is 2.24. The largest absolute Gasteiger partial charge is 0.344 e. The van der Waals surface area contributed by atoms with Crippen LogP contribution >= 0.6 is 0 Å². The molecule has 4 nitrogen and oxygen atoms in total. The van der Waals surface area contributed by atoms with Gasteiger partial charge in [0.25, 0.3) is 0 Å². The Morgan fingerprint density at radius 1 is 1.33 bits per heavy atom. The Balaban J connectivity index is 1.83. The number of rotatable bonds is 3. The van der Waals surface area contributed by atoms with Crippen molar-refractivity contribution in [1.82, 2.24) is 15.1 Å². The van der Waals surface area contributed by atoms with E-state index in [-0.39, 0.29) is 11.9 Å². The van der Waals surface area contributed by atoms with Gasteiger partial charge in [0.2, 0.25) is 5.91 Å². The monoisotopic (exact) mass is 253 g/mol. The highest BCUT2D eigenvalue weighted by atomic mass is 16.2. The quantitative estimate of drug-likeness (QED) is 0.813. The fourth-order valence-corrected chi connectivity index (χ4v) is 3.18. The molecule has 2 rings (SSSR count). The zero-order valence-electron chi connectivity index (χ0n) is 11.8. The fourth-order valence-electron chi connectivity index (χ4n) is 3.18. The Morgan fingerprint density at radius 3 is 2.72 bits per heavy atom. The van der Waals surface area contributed by atoms with E-state index in [9.17, 15) is 4.79 Å². The van der Waals surface area contributed by atoms with E-state index in [1.807, 2.05) is 11.9 Å². The minimum absolute atomic E-state index is 0.0346. The Bertz CT molecular complexity index is 276. The van der Waals surface area contributed by atoms with Crippen LogP contribution in [0.5, 0.6) is 0 Å². The number of hydrogen-bond acceptors (Lipinski definition) is 3. The molecular weight excluding hydrogens is 226 g/mol. The lowest BCUT2D eigenvalue weighted by molar-refractivity contribution is -0.136. The first-order valence-corrected chi connectivity index (χ1v) is 7.34. The Morgan fingerprint density at radius 2 is 2.06 bits per heavy atom. The standard InChI is InChI=1S/C14H27N3O/c1-16-9-8-15-10-13(16)14(18)17(2)11-12-6-4-3-5-7-12/h12-13,15H,3-11H2,1-2H3. The van der Waals surface area contributed by atoms with Crippen LogP contribution in [-0.4, -0.2) is 62.0 Å². The van der Waals surface area contributed by atoms with Crippen molar-refractivity contribution in [1.29, 1.82) is 0 Å². The van der Waals surface area contributed by atoms with Crippen molar-refractivity contribution in [3.8, 4) is 0 Å². The van der Waals surface area contributed by atoms with Crippen molar-refractivity contribution in [3.05, 3.63) is 0 Å². The van der Waals surface area contributed by atoms with Gasteiger partial charge in [0.1, 0.15) is 6.04 Å². The van der Waals surface area contributed by atoms with E-state index in [2.05, 4.69) is 17.3 Å². The molecule has 0 bridgehead atoms. The van der Waals surface area contributed by atoms with Crippen LogP contribution in [0.15, 0.2) is 0 Å². The van der Waals surface area contributed by atoms with Gasteiger partial charge in [-0.05, 0) is 25.8 Å². The lowest BCUT2D eigenvalue weighted by atomic mass is 9.89. The molecule has 2 aliphatic rings. The molecule has 1 aliphatic heterocycles. The molecule has 4 heteroatoms. The number of carbonyl (C=O) groups excluding carboxylic acids is 1. The summed E-state index contributed by atoms with van der Waals surface area (Å²) < 4.78 is 0. The summed E-state index contributed by atoms with van der Waals surface area (Å²) in [7, 11) is 4.03. The van der Waals surface area contributed by atoms with Crippen LogP contribution in [0.25, 0.3) is 0 Å². The number of nitrogens with one attached hydrogen (secondary N) is 1. The van der Waals surface area contributed by atoms with Crippen molar-refractivity contribution in [3.63, 3.8) is 0 Å². The highest BCUT2D eigenvalue weighted by molar-refractivity contribution is 5.82. The predicted octanol–water partition coefficient (Wildman–Crippen LogP) is 0.929. The zero-order valence-corrected chi connectivity index (χ0v) is 11.8. The molecule has 0 aromatic heterocycles. The van der Waals surface area contributed by atoms with Gasteiger partial charge in [0, 0.05) is 33.2 Å². The fraction of sp³-hybridized carbons (Fsp3) is 0.929. The number of nitrogens with zero attached hydrogens (tertiary/aromatic N) is 2. The molecule has 18 heavy (non-hydrogen) atoms. The number of amides is 1. The van der Waals surface area contributed by atoms with Gasteiger partial charge < -0.3 is 10.2 Å². The molecule has 1 N–H and O–H groups in total. The van der Waals surface area contributed by atoms with Crippen molar-refractivity contribution >= 4 is 5.91 Å². The molecule has 0 radical (unpaired) electrons. The first kappa shape index (κ1) is 13.8. The molecule has 1 aliphatic carbocycles. The molecule has 0 spiro atoms. The van der Waals surface area contributed by atoms with Crippen molar-refractivity contribution < 1.29 is 4.79 Å². The van der Waals surface area contributed by atoms with Crippen LogP contribution in [-0.2, 0) is 4.79 Å². The van der Waals surface area contributed by atoms with Crippen LogP contribution < -0.4 is 5.32 Å². The average molecular weight is 253 g/mol. The summed E-state index contributed by atoms with van der Waals surface area (Å²) in [4.78, 5) is 16.6. The van der Waals surface area contributed by atoms with Gasteiger partial charge in [-0.2, -0.15) is 0 Å². The lowest BCUT2D eigenvalue weighted by Crippen LogP contribution is -2.56. The summed E-state index contributed by atoms with van der Waals surface area (Å²) in [6, 6.07) is 0.0346. The van der Waals surface area contributed by atoms with Crippen molar-refractivity contribution in [2.24, 2.45) is 5.92 Å². The van der Waals surface area contributed by atoms with E-state index in [0.717, 1.165) is 32.1 Å². The van der Waals surface area contributed by atoms with Crippen molar-refractivity contribution in [2.75, 3.05) is 40.3 Å². The van der Waals surface area contributed by atoms with E-state index in [4.69, 9.17) is 0 Å². The smallest absolute Gasteiger partial charge is 0.240 e. The Labute approximate surface area is 111 Å². The number of piperazine rings is 1. The van der Waals surface area contributed by atoms with Gasteiger partial charge in [-0.3, -0.25) is 9.69 Å². The maximum atomic E-state index is 12.4. The molecule has 1 amide bonds. The molecule has 1 atom stereocenters. The highest BCUT2D eigenvalue weighted by Gasteiger charge is 2.29. The zero-order chi connectivity index (χ0) is 13.0. The molecule has 1 unspecified atom stereocenters. The van der Waals surface area contributed by atoms with E-state index < -0.39 is 0 Å². The minimum atomic E-state index is 0.0346. The molecule has 1 heterocycles. The van der Waals surface area contributed by atoms with Crippen LogP contribution in [0.2, 0.25) is 0 Å². The third-order valence-electron chi connectivity index (χ3n) is 4.43. The number of carbonyl (C=O) groups is 1. The summed E-state index contributed by atoms with van der Waals surface area (Å²) in [5, 5.41) is 3.32. The second-order valence-electron chi connectivity index (χ2n) is 5.92. The third kappa shape index (κ3) is 3.45. The first-order chi connectivity index (χ1) is 8.68. The predicted molar refractivity (Wildman–Crippen MR) is 73.5 cm³/mol. The summed E-state index contributed by atoms with van der Waals surface area (Å²) >= 11 is 0. The lowest BCUT2D eigenvalue weighted by Gasteiger charge is -2.36. The molecule has 104 valence electrons. The summed E-state index contributed by atoms with van der Waals surface area (Å²) in [5.41, 5.74) is 0. The van der Waals surface area contributed by atoms with E-state index in [0.29, 0.717) is 0 Å². The van der Waals surface area contributed by atoms with Gasteiger partial charge in [-0.25, -0.2) is 0 Å². The van der Waals surface area contributed by atoms with Crippen LogP contribution in [0.4, 0.5) is 0 Å². The summed E-state index contributed by atoms with van der Waals surface area (Å²) in [5.74, 6) is 1.02. The van der Waals surface area contributed by atoms with Gasteiger partial charge in [-0.15, -0.1) is 0 Å². The van der Waals surface area contributed by atoms with Crippen LogP contribution in [0.1, 0.15) is 32.1 Å². The molecular formula is C14H27N3O. The maximum absolute atomic E-state index is 12.4. The third-order valence-corrected chi connectivity index (χ3v) is 4.43. The summed E-state index contributed by atoms with van der Waals surface area (Å²) in [6.07, 6.45) is 6.67. The Hall–Kier alpha value is -0.610. The molecule has 2 fully saturated rings. The maximum Gasteiger partial charge on any atom is 0.240 e. The topological polar surface area (TPSA) is 35.6 Å². The van der Waals surface area contributed by atoms with Gasteiger partial charge in [-0.1, -0.05) is 19.3 Å². The van der Waals surface area contributed by atoms with Crippen LogP contribution in [0, 0.1) is 5.92 Å². The Kier molecular flexibility index (Phi) is 5.01. The normalized spacial score (nSPS) is 27.1. The van der Waals surface area contributed by atoms with Gasteiger partial charge in [0.15, 0.2) is 0 Å². The van der Waals surface area contributed by atoms with Crippen molar-refractivity contribution in [2.45, 2.75) is 38.1 Å². The minimum Gasteiger partial charge on any atom is -0.344 e. The average Bonchev–Trinajstić information content (AvgIpc) is 2.39. The van der Waals surface area contributed by atoms with Gasteiger partial charge in [0.05, 0.1) is 0 Å². The number of hydrogen-bond donors (Lipinski definition) is 1. The molecule has 0 aromatic rings. The molecule has 0 aromatic carbocycles. The van der Waals surface area contributed by atoms with Gasteiger partial charge >= 0.3 is 0 Å². The summed E-state index contributed by atoms with van der Waals surface area (Å²) in [6.45, 7) is 3.70. The second-order valence-corrected chi connectivity index (χ2v) is 5.92. The van der Waals surface area contributed by atoms with E-state index in [1.54, 1.807) is 0 Å². The SMILES string of the molecule is CN(CC1CCCCC1)C(=O)C1CNCCN1C. The molecule has 1 saturated carbocycles. The van der Waals surface area contributed by atoms with Crippen LogP contribution in [0.3, 0.4) is 0 Å². The van der Waals surface area contributed by atoms with E-state index in [1.165, 1.54) is 32.1 Å².